The van der Waals surface area contributed by atoms with Gasteiger partial charge in [0.05, 0.1) is 0 Å². The molecule has 4 heteroatoms. The first-order chi connectivity index (χ1) is 6.20. The molecule has 2 fully saturated rings. The van der Waals surface area contributed by atoms with Crippen molar-refractivity contribution < 1.29 is 9.00 Å². The summed E-state index contributed by atoms with van der Waals surface area (Å²) in [6.45, 7) is 4.78. The molecule has 2 atom stereocenters. The number of likely N-dealkylation sites (tertiary alicyclic amines) is 1. The van der Waals surface area contributed by atoms with Crippen LogP contribution in [0.15, 0.2) is 0 Å². The third-order valence-electron chi connectivity index (χ3n) is 2.98. The number of nitrogens with zero attached hydrogens (tertiary/aromatic N) is 1. The molecule has 0 aliphatic carbocycles. The first-order valence-corrected chi connectivity index (χ1v) is 6.30. The van der Waals surface area contributed by atoms with Gasteiger partial charge in [0.2, 0.25) is 0 Å². The number of Topliss-reactive ketones (excluding diaryl/α,β-unsaturated/α-hetero) is 1. The third kappa shape index (κ3) is 1.70. The number of rotatable bonds is 1. The molecule has 0 aromatic carbocycles. The van der Waals surface area contributed by atoms with E-state index in [1.807, 2.05) is 0 Å². The van der Waals surface area contributed by atoms with Crippen LogP contribution in [0, 0.1) is 11.8 Å². The molecule has 2 unspecified atom stereocenters. The zero-order valence-corrected chi connectivity index (χ0v) is 8.68. The summed E-state index contributed by atoms with van der Waals surface area (Å²) in [7, 11) is -0.734. The number of carbonyl (C=O) groups is 1. The predicted molar refractivity (Wildman–Crippen MR) is 52.0 cm³/mol. The van der Waals surface area contributed by atoms with Crippen LogP contribution in [0.1, 0.15) is 6.92 Å². The maximum Gasteiger partial charge on any atom is 0.143 e. The average Bonchev–Trinajstić information content (AvgIpc) is 2.07. The monoisotopic (exact) mass is 201 g/mol. The summed E-state index contributed by atoms with van der Waals surface area (Å²) >= 11 is 0. The van der Waals surface area contributed by atoms with Crippen LogP contribution in [0.5, 0.6) is 0 Å². The summed E-state index contributed by atoms with van der Waals surface area (Å²) in [6.07, 6.45) is 0. The Balaban J connectivity index is 2.13. The summed E-state index contributed by atoms with van der Waals surface area (Å²) in [5.74, 6) is 1.70. The number of hydrogen-bond acceptors (Lipinski definition) is 3. The van der Waals surface area contributed by atoms with Gasteiger partial charge in [0.15, 0.2) is 0 Å². The zero-order valence-electron chi connectivity index (χ0n) is 7.86. The van der Waals surface area contributed by atoms with Crippen molar-refractivity contribution in [3.63, 3.8) is 0 Å². The van der Waals surface area contributed by atoms with Gasteiger partial charge in [-0.1, -0.05) is 6.92 Å². The second kappa shape index (κ2) is 3.50. The van der Waals surface area contributed by atoms with Crippen molar-refractivity contribution in [2.45, 2.75) is 6.92 Å². The van der Waals surface area contributed by atoms with Crippen molar-refractivity contribution in [3.8, 4) is 0 Å². The Morgan fingerprint density at radius 1 is 1.38 bits per heavy atom. The summed E-state index contributed by atoms with van der Waals surface area (Å²) in [5.41, 5.74) is 0. The van der Waals surface area contributed by atoms with Crippen LogP contribution in [0.25, 0.3) is 0 Å². The van der Waals surface area contributed by atoms with Crippen LogP contribution in [-0.4, -0.2) is 46.0 Å². The highest BCUT2D eigenvalue weighted by atomic mass is 32.2. The molecule has 3 nitrogen and oxygen atoms in total. The molecule has 0 aromatic rings. The van der Waals surface area contributed by atoms with E-state index in [0.717, 1.165) is 19.6 Å². The first-order valence-electron chi connectivity index (χ1n) is 4.81. The van der Waals surface area contributed by atoms with Crippen molar-refractivity contribution >= 4 is 16.6 Å². The fourth-order valence-corrected chi connectivity index (χ4v) is 3.83. The van der Waals surface area contributed by atoms with Crippen LogP contribution in [0.4, 0.5) is 0 Å². The van der Waals surface area contributed by atoms with Gasteiger partial charge in [-0.3, -0.25) is 9.00 Å². The molecule has 0 aromatic heterocycles. The average molecular weight is 201 g/mol. The van der Waals surface area contributed by atoms with E-state index in [-0.39, 0.29) is 11.8 Å². The van der Waals surface area contributed by atoms with E-state index < -0.39 is 10.8 Å². The number of piperidine rings is 1. The fourth-order valence-electron chi connectivity index (χ4n) is 2.26. The van der Waals surface area contributed by atoms with Gasteiger partial charge in [-0.2, -0.15) is 0 Å². The Morgan fingerprint density at radius 3 is 2.38 bits per heavy atom. The lowest BCUT2D eigenvalue weighted by Crippen LogP contribution is -2.53. The quantitative estimate of drug-likeness (QED) is 0.594. The Morgan fingerprint density at radius 2 is 1.92 bits per heavy atom. The molecule has 2 aliphatic heterocycles. The largest absolute Gasteiger partial charge is 0.302 e. The van der Waals surface area contributed by atoms with Gasteiger partial charge in [-0.25, -0.2) is 0 Å². The van der Waals surface area contributed by atoms with Crippen molar-refractivity contribution in [2.24, 2.45) is 11.8 Å². The second-order valence-corrected chi connectivity index (χ2v) is 5.47. The molecule has 0 radical (unpaired) electrons. The fraction of sp³-hybridized carbons (Fsp3) is 0.889. The SMILES string of the molecule is CCN1CC2CS(=O)CC(C1)C2=O. The van der Waals surface area contributed by atoms with Crippen molar-refractivity contribution in [1.82, 2.24) is 4.90 Å². The van der Waals surface area contributed by atoms with Crippen LogP contribution in [0.3, 0.4) is 0 Å². The third-order valence-corrected chi connectivity index (χ3v) is 4.53. The minimum atomic E-state index is -0.734. The minimum Gasteiger partial charge on any atom is -0.302 e. The normalized spacial score (nSPS) is 40.7. The van der Waals surface area contributed by atoms with Gasteiger partial charge in [-0.05, 0) is 6.54 Å². The van der Waals surface area contributed by atoms with E-state index in [0.29, 0.717) is 17.3 Å². The number of ketones is 1. The standard InChI is InChI=1S/C9H15NO2S/c1-2-10-3-7-5-13(12)6-8(4-10)9(7)11/h7-8H,2-6H2,1H3. The van der Waals surface area contributed by atoms with E-state index in [2.05, 4.69) is 11.8 Å². The topological polar surface area (TPSA) is 37.4 Å². The smallest absolute Gasteiger partial charge is 0.143 e. The Labute approximate surface area is 80.9 Å². The molecule has 0 amide bonds. The number of carbonyl (C=O) groups excluding carboxylic acids is 1. The van der Waals surface area contributed by atoms with Crippen LogP contribution in [-0.2, 0) is 15.6 Å². The molecule has 0 saturated carbocycles. The number of hydrogen-bond donors (Lipinski definition) is 0. The van der Waals surface area contributed by atoms with Gasteiger partial charge in [0.1, 0.15) is 5.78 Å². The molecule has 2 aliphatic rings. The molecule has 0 spiro atoms. The van der Waals surface area contributed by atoms with Gasteiger partial charge in [0, 0.05) is 47.2 Å². The lowest BCUT2D eigenvalue weighted by atomic mass is 9.89. The molecular weight excluding hydrogens is 186 g/mol. The van der Waals surface area contributed by atoms with Gasteiger partial charge in [0.25, 0.3) is 0 Å². The van der Waals surface area contributed by atoms with E-state index in [1.54, 1.807) is 0 Å². The van der Waals surface area contributed by atoms with Crippen LogP contribution in [0.2, 0.25) is 0 Å². The predicted octanol–water partition coefficient (Wildman–Crippen LogP) is -0.114. The molecular formula is C9H15NO2S. The Bertz CT molecular complexity index is 234. The molecule has 13 heavy (non-hydrogen) atoms. The highest BCUT2D eigenvalue weighted by molar-refractivity contribution is 7.85. The van der Waals surface area contributed by atoms with Crippen LogP contribution >= 0.6 is 0 Å². The van der Waals surface area contributed by atoms with Gasteiger partial charge >= 0.3 is 0 Å². The summed E-state index contributed by atoms with van der Waals surface area (Å²) in [6, 6.07) is 0. The molecule has 0 N–H and O–H groups in total. The Kier molecular flexibility index (Phi) is 2.51. The molecule has 2 saturated heterocycles. The van der Waals surface area contributed by atoms with E-state index in [4.69, 9.17) is 0 Å². The maximum absolute atomic E-state index is 11.7. The molecule has 2 rings (SSSR count). The van der Waals surface area contributed by atoms with E-state index in [9.17, 15) is 9.00 Å². The molecule has 74 valence electrons. The van der Waals surface area contributed by atoms with Gasteiger partial charge < -0.3 is 4.90 Å². The highest BCUT2D eigenvalue weighted by Gasteiger charge is 2.40. The summed E-state index contributed by atoms with van der Waals surface area (Å²) < 4.78 is 11.4. The molecule has 2 bridgehead atoms. The van der Waals surface area contributed by atoms with E-state index >= 15 is 0 Å². The van der Waals surface area contributed by atoms with E-state index in [1.165, 1.54) is 0 Å². The summed E-state index contributed by atoms with van der Waals surface area (Å²) in [5, 5.41) is 0. The highest BCUT2D eigenvalue weighted by Crippen LogP contribution is 2.24. The minimum absolute atomic E-state index is 0.0632. The first kappa shape index (κ1) is 9.34. The zero-order chi connectivity index (χ0) is 9.42. The molecule has 2 heterocycles. The lowest BCUT2D eigenvalue weighted by Gasteiger charge is -2.39. The second-order valence-electron chi connectivity index (χ2n) is 3.92. The lowest BCUT2D eigenvalue weighted by molar-refractivity contribution is -0.130. The summed E-state index contributed by atoms with van der Waals surface area (Å²) in [4.78, 5) is 14.0. The van der Waals surface area contributed by atoms with Crippen molar-refractivity contribution in [1.29, 1.82) is 0 Å². The van der Waals surface area contributed by atoms with Gasteiger partial charge in [-0.15, -0.1) is 0 Å². The van der Waals surface area contributed by atoms with Crippen LogP contribution < -0.4 is 0 Å². The van der Waals surface area contributed by atoms with Crippen molar-refractivity contribution in [3.05, 3.63) is 0 Å². The number of fused-ring (bicyclic) bond motifs is 2. The maximum atomic E-state index is 11.7. The van der Waals surface area contributed by atoms with Crippen molar-refractivity contribution in [2.75, 3.05) is 31.1 Å². The Hall–Kier alpha value is -0.220.